The van der Waals surface area contributed by atoms with E-state index in [1.54, 1.807) is 23.5 Å². The zero-order valence-corrected chi connectivity index (χ0v) is 11.7. The third kappa shape index (κ3) is 3.12. The van der Waals surface area contributed by atoms with Gasteiger partial charge in [0.1, 0.15) is 5.69 Å². The minimum absolute atomic E-state index is 0.112. The summed E-state index contributed by atoms with van der Waals surface area (Å²) in [6, 6.07) is 9.30. The minimum atomic E-state index is -0.344. The summed E-state index contributed by atoms with van der Waals surface area (Å²) in [5.74, 6) is 0. The maximum absolute atomic E-state index is 11.1. The Kier molecular flexibility index (Phi) is 4.16. The number of rotatable bonds is 5. The fraction of sp³-hybridized carbons (Fsp3) is 0.286. The van der Waals surface area contributed by atoms with Crippen LogP contribution in [0.25, 0.3) is 0 Å². The first-order valence-corrected chi connectivity index (χ1v) is 7.04. The molecule has 0 aliphatic carbocycles. The van der Waals surface area contributed by atoms with E-state index in [4.69, 9.17) is 0 Å². The molecule has 4 nitrogen and oxygen atoms in total. The summed E-state index contributed by atoms with van der Waals surface area (Å²) in [5.41, 5.74) is 1.72. The Labute approximate surface area is 116 Å². The van der Waals surface area contributed by atoms with Crippen LogP contribution in [0.4, 0.5) is 11.4 Å². The van der Waals surface area contributed by atoms with Crippen LogP contribution in [-0.2, 0) is 0 Å². The number of thiophene rings is 1. The van der Waals surface area contributed by atoms with Crippen molar-refractivity contribution in [2.24, 2.45) is 0 Å². The molecular formula is C14H16N2O2S. The van der Waals surface area contributed by atoms with Gasteiger partial charge in [0.15, 0.2) is 0 Å². The number of nitrogens with zero attached hydrogens (tertiary/aromatic N) is 1. The van der Waals surface area contributed by atoms with Crippen LogP contribution in [-0.4, -0.2) is 4.92 Å². The van der Waals surface area contributed by atoms with Gasteiger partial charge in [-0.2, -0.15) is 0 Å². The van der Waals surface area contributed by atoms with Gasteiger partial charge in [0.05, 0.1) is 11.0 Å². The highest BCUT2D eigenvalue weighted by Crippen LogP contribution is 2.31. The van der Waals surface area contributed by atoms with Crippen LogP contribution in [0.2, 0.25) is 0 Å². The Balaban J connectivity index is 2.31. The van der Waals surface area contributed by atoms with Crippen LogP contribution in [0.5, 0.6) is 0 Å². The second kappa shape index (κ2) is 5.84. The molecule has 100 valence electrons. The van der Waals surface area contributed by atoms with Crippen LogP contribution < -0.4 is 5.32 Å². The summed E-state index contributed by atoms with van der Waals surface area (Å²) in [6.07, 6.45) is 0.881. The molecule has 0 aliphatic heterocycles. The summed E-state index contributed by atoms with van der Waals surface area (Å²) in [4.78, 5) is 11.9. The summed E-state index contributed by atoms with van der Waals surface area (Å²) in [7, 11) is 0. The topological polar surface area (TPSA) is 55.2 Å². The lowest BCUT2D eigenvalue weighted by atomic mass is 10.1. The van der Waals surface area contributed by atoms with Crippen molar-refractivity contribution in [2.75, 3.05) is 5.32 Å². The van der Waals surface area contributed by atoms with Crippen LogP contribution in [0.1, 0.15) is 29.8 Å². The highest BCUT2D eigenvalue weighted by Gasteiger charge is 2.17. The monoisotopic (exact) mass is 276 g/mol. The smallest absolute Gasteiger partial charge is 0.292 e. The van der Waals surface area contributed by atoms with Crippen molar-refractivity contribution in [1.82, 2.24) is 0 Å². The van der Waals surface area contributed by atoms with Gasteiger partial charge in [0.2, 0.25) is 0 Å². The predicted octanol–water partition coefficient (Wildman–Crippen LogP) is 4.53. The fourth-order valence-corrected chi connectivity index (χ4v) is 2.84. The van der Waals surface area contributed by atoms with E-state index in [1.807, 2.05) is 30.5 Å². The number of aryl methyl sites for hydroxylation is 1. The average molecular weight is 276 g/mol. The third-order valence-electron chi connectivity index (χ3n) is 2.97. The van der Waals surface area contributed by atoms with Crippen molar-refractivity contribution in [3.63, 3.8) is 0 Å². The number of anilines is 1. The fourth-order valence-electron chi connectivity index (χ4n) is 1.98. The van der Waals surface area contributed by atoms with E-state index in [2.05, 4.69) is 12.2 Å². The van der Waals surface area contributed by atoms with Crippen molar-refractivity contribution in [1.29, 1.82) is 0 Å². The molecule has 0 spiro atoms. The molecule has 19 heavy (non-hydrogen) atoms. The van der Waals surface area contributed by atoms with Gasteiger partial charge >= 0.3 is 0 Å². The Hall–Kier alpha value is -1.88. The maximum Gasteiger partial charge on any atom is 0.292 e. The van der Waals surface area contributed by atoms with E-state index in [1.165, 1.54) is 4.88 Å². The van der Waals surface area contributed by atoms with Crippen molar-refractivity contribution in [3.05, 3.63) is 56.3 Å². The molecule has 1 heterocycles. The molecule has 0 radical (unpaired) electrons. The van der Waals surface area contributed by atoms with Gasteiger partial charge in [-0.15, -0.1) is 11.3 Å². The lowest BCUT2D eigenvalue weighted by molar-refractivity contribution is -0.384. The Morgan fingerprint density at radius 1 is 1.42 bits per heavy atom. The summed E-state index contributed by atoms with van der Waals surface area (Å²) < 4.78 is 0. The zero-order valence-electron chi connectivity index (χ0n) is 10.9. The van der Waals surface area contributed by atoms with Crippen LogP contribution >= 0.6 is 11.3 Å². The number of hydrogen-bond donors (Lipinski definition) is 1. The van der Waals surface area contributed by atoms with E-state index in [0.29, 0.717) is 5.69 Å². The molecule has 2 aromatic rings. The predicted molar refractivity (Wildman–Crippen MR) is 78.8 cm³/mol. The van der Waals surface area contributed by atoms with Gasteiger partial charge in [0, 0.05) is 10.9 Å². The first kappa shape index (κ1) is 13.5. The van der Waals surface area contributed by atoms with Crippen LogP contribution in [0, 0.1) is 17.0 Å². The molecule has 0 aliphatic rings. The van der Waals surface area contributed by atoms with Gasteiger partial charge < -0.3 is 5.32 Å². The molecule has 1 aromatic carbocycles. The molecule has 0 amide bonds. The van der Waals surface area contributed by atoms with Crippen molar-refractivity contribution < 1.29 is 4.92 Å². The van der Waals surface area contributed by atoms with E-state index in [9.17, 15) is 10.1 Å². The molecule has 1 atom stereocenters. The lowest BCUT2D eigenvalue weighted by Crippen LogP contribution is -2.09. The highest BCUT2D eigenvalue weighted by molar-refractivity contribution is 7.10. The SMILES string of the molecule is CCC(Nc1cc(C)ccc1[N+](=O)[O-])c1cccs1. The zero-order chi connectivity index (χ0) is 13.8. The first-order chi connectivity index (χ1) is 9.11. The van der Waals surface area contributed by atoms with Crippen LogP contribution in [0.15, 0.2) is 35.7 Å². The lowest BCUT2D eigenvalue weighted by Gasteiger charge is -2.17. The molecule has 1 aromatic heterocycles. The van der Waals surface area contributed by atoms with Crippen molar-refractivity contribution >= 4 is 22.7 Å². The highest BCUT2D eigenvalue weighted by atomic mass is 32.1. The normalized spacial score (nSPS) is 12.1. The van der Waals surface area contributed by atoms with Gasteiger partial charge in [-0.3, -0.25) is 10.1 Å². The Morgan fingerprint density at radius 3 is 2.79 bits per heavy atom. The van der Waals surface area contributed by atoms with Crippen molar-refractivity contribution in [3.8, 4) is 0 Å². The molecule has 1 unspecified atom stereocenters. The van der Waals surface area contributed by atoms with Gasteiger partial charge in [-0.1, -0.05) is 19.1 Å². The third-order valence-corrected chi connectivity index (χ3v) is 3.96. The Morgan fingerprint density at radius 2 is 2.21 bits per heavy atom. The molecule has 5 heteroatoms. The van der Waals surface area contributed by atoms with Gasteiger partial charge in [-0.25, -0.2) is 0 Å². The van der Waals surface area contributed by atoms with Crippen LogP contribution in [0.3, 0.4) is 0 Å². The molecule has 2 rings (SSSR count). The number of nitro groups is 1. The van der Waals surface area contributed by atoms with Gasteiger partial charge in [0.25, 0.3) is 5.69 Å². The van der Waals surface area contributed by atoms with Crippen molar-refractivity contribution in [2.45, 2.75) is 26.3 Å². The molecule has 1 N–H and O–H groups in total. The molecule has 0 saturated carbocycles. The van der Waals surface area contributed by atoms with E-state index in [0.717, 1.165) is 12.0 Å². The largest absolute Gasteiger partial charge is 0.372 e. The minimum Gasteiger partial charge on any atom is -0.372 e. The summed E-state index contributed by atoms with van der Waals surface area (Å²) in [6.45, 7) is 4.00. The Bertz CT molecular complexity index is 567. The summed E-state index contributed by atoms with van der Waals surface area (Å²) >= 11 is 1.66. The number of nitrogens with one attached hydrogen (secondary N) is 1. The number of nitro benzene ring substituents is 1. The second-order valence-electron chi connectivity index (χ2n) is 4.40. The maximum atomic E-state index is 11.1. The quantitative estimate of drug-likeness (QED) is 0.645. The number of benzene rings is 1. The number of hydrogen-bond acceptors (Lipinski definition) is 4. The molecule has 0 bridgehead atoms. The molecule has 0 saturated heterocycles. The van der Waals surface area contributed by atoms with E-state index < -0.39 is 0 Å². The standard InChI is InChI=1S/C14H16N2O2S/c1-3-11(14-5-4-8-19-14)15-12-9-10(2)6-7-13(12)16(17)18/h4-9,11,15H,3H2,1-2H3. The average Bonchev–Trinajstić information content (AvgIpc) is 2.89. The second-order valence-corrected chi connectivity index (χ2v) is 5.38. The molecule has 0 fully saturated rings. The van der Waals surface area contributed by atoms with Gasteiger partial charge in [-0.05, 0) is 36.4 Å². The first-order valence-electron chi connectivity index (χ1n) is 6.16. The molecular weight excluding hydrogens is 260 g/mol. The summed E-state index contributed by atoms with van der Waals surface area (Å²) in [5, 5.41) is 16.4. The van der Waals surface area contributed by atoms with E-state index >= 15 is 0 Å². The van der Waals surface area contributed by atoms with E-state index in [-0.39, 0.29) is 16.7 Å².